The SMILES string of the molecule is Cc1cccc(C)c1C=CC1CCN(C(=O)CNCCO)CC1. The average Bonchev–Trinajstić information content (AvgIpc) is 2.55. The molecule has 0 bridgehead atoms. The number of aliphatic hydroxyl groups is 1. The fraction of sp³-hybridized carbons (Fsp3) is 0.526. The van der Waals surface area contributed by atoms with E-state index in [1.807, 2.05) is 4.90 Å². The van der Waals surface area contributed by atoms with Gasteiger partial charge in [0.25, 0.3) is 0 Å². The molecule has 23 heavy (non-hydrogen) atoms. The number of amides is 1. The van der Waals surface area contributed by atoms with Crippen LogP contribution in [-0.2, 0) is 4.79 Å². The van der Waals surface area contributed by atoms with Crippen molar-refractivity contribution in [1.82, 2.24) is 10.2 Å². The second-order valence-electron chi connectivity index (χ2n) is 6.28. The van der Waals surface area contributed by atoms with Crippen molar-refractivity contribution in [2.75, 3.05) is 32.8 Å². The van der Waals surface area contributed by atoms with Crippen molar-refractivity contribution in [3.63, 3.8) is 0 Å². The number of carbonyl (C=O) groups excluding carboxylic acids is 1. The van der Waals surface area contributed by atoms with Crippen LogP contribution in [-0.4, -0.2) is 48.7 Å². The van der Waals surface area contributed by atoms with E-state index >= 15 is 0 Å². The maximum Gasteiger partial charge on any atom is 0.236 e. The molecule has 0 saturated carbocycles. The van der Waals surface area contributed by atoms with Crippen LogP contribution in [0.15, 0.2) is 24.3 Å². The molecule has 1 saturated heterocycles. The minimum atomic E-state index is 0.0679. The first-order chi connectivity index (χ1) is 11.1. The normalized spacial score (nSPS) is 16.2. The second kappa shape index (κ2) is 8.85. The van der Waals surface area contributed by atoms with E-state index in [-0.39, 0.29) is 12.5 Å². The van der Waals surface area contributed by atoms with Crippen molar-refractivity contribution in [3.8, 4) is 0 Å². The molecule has 0 unspecified atom stereocenters. The summed E-state index contributed by atoms with van der Waals surface area (Å²) in [6, 6.07) is 6.39. The Labute approximate surface area is 139 Å². The molecule has 1 fully saturated rings. The molecule has 1 amide bonds. The van der Waals surface area contributed by atoms with E-state index in [1.165, 1.54) is 16.7 Å². The Balaban J connectivity index is 1.83. The van der Waals surface area contributed by atoms with Crippen molar-refractivity contribution in [3.05, 3.63) is 41.0 Å². The van der Waals surface area contributed by atoms with E-state index in [2.05, 4.69) is 49.5 Å². The standard InChI is InChI=1S/C19H28N2O2/c1-15-4-3-5-16(2)18(15)7-6-17-8-11-21(12-9-17)19(23)14-20-10-13-22/h3-7,17,20,22H,8-14H2,1-2H3. The number of aliphatic hydroxyl groups excluding tert-OH is 1. The number of piperidine rings is 1. The van der Waals surface area contributed by atoms with Gasteiger partial charge in [-0.25, -0.2) is 0 Å². The Morgan fingerprint density at radius 3 is 2.57 bits per heavy atom. The molecule has 1 aromatic carbocycles. The number of allylic oxidation sites excluding steroid dienone is 1. The molecule has 4 nitrogen and oxygen atoms in total. The first kappa shape index (κ1) is 17.7. The van der Waals surface area contributed by atoms with Gasteiger partial charge in [0.2, 0.25) is 5.91 Å². The molecular weight excluding hydrogens is 288 g/mol. The molecule has 0 spiro atoms. The minimum Gasteiger partial charge on any atom is -0.395 e. The van der Waals surface area contributed by atoms with Gasteiger partial charge in [0.15, 0.2) is 0 Å². The first-order valence-electron chi connectivity index (χ1n) is 8.45. The van der Waals surface area contributed by atoms with Gasteiger partial charge in [-0.15, -0.1) is 0 Å². The molecule has 2 N–H and O–H groups in total. The lowest BCUT2D eigenvalue weighted by molar-refractivity contribution is -0.131. The fourth-order valence-electron chi connectivity index (χ4n) is 3.05. The summed E-state index contributed by atoms with van der Waals surface area (Å²) in [6.07, 6.45) is 6.59. The van der Waals surface area contributed by atoms with Crippen molar-refractivity contribution < 1.29 is 9.90 Å². The summed E-state index contributed by atoms with van der Waals surface area (Å²) in [4.78, 5) is 13.9. The number of carbonyl (C=O) groups is 1. The minimum absolute atomic E-state index is 0.0679. The quantitative estimate of drug-likeness (QED) is 0.791. The van der Waals surface area contributed by atoms with E-state index in [0.29, 0.717) is 19.0 Å². The zero-order valence-corrected chi connectivity index (χ0v) is 14.2. The molecule has 0 atom stereocenters. The van der Waals surface area contributed by atoms with Gasteiger partial charge in [0.1, 0.15) is 0 Å². The Morgan fingerprint density at radius 2 is 1.96 bits per heavy atom. The number of benzene rings is 1. The number of hydrogen-bond donors (Lipinski definition) is 2. The number of nitrogens with zero attached hydrogens (tertiary/aromatic N) is 1. The molecule has 4 heteroatoms. The second-order valence-corrected chi connectivity index (χ2v) is 6.28. The van der Waals surface area contributed by atoms with Crippen LogP contribution >= 0.6 is 0 Å². The summed E-state index contributed by atoms with van der Waals surface area (Å²) in [5.74, 6) is 0.680. The lowest BCUT2D eigenvalue weighted by Crippen LogP contribution is -2.43. The zero-order chi connectivity index (χ0) is 16.7. The van der Waals surface area contributed by atoms with E-state index in [0.717, 1.165) is 25.9 Å². The van der Waals surface area contributed by atoms with Crippen molar-refractivity contribution >= 4 is 12.0 Å². The summed E-state index contributed by atoms with van der Waals surface area (Å²) in [6.45, 7) is 6.80. The van der Waals surface area contributed by atoms with Crippen molar-refractivity contribution in [2.24, 2.45) is 5.92 Å². The predicted molar refractivity (Wildman–Crippen MR) is 94.2 cm³/mol. The van der Waals surface area contributed by atoms with E-state index in [4.69, 9.17) is 5.11 Å². The number of likely N-dealkylation sites (tertiary alicyclic amines) is 1. The average molecular weight is 316 g/mol. The molecular formula is C19H28N2O2. The fourth-order valence-corrected chi connectivity index (χ4v) is 3.05. The molecule has 2 rings (SSSR count). The summed E-state index contributed by atoms with van der Waals surface area (Å²) in [5, 5.41) is 11.7. The summed E-state index contributed by atoms with van der Waals surface area (Å²) in [5.41, 5.74) is 3.94. The van der Waals surface area contributed by atoms with Crippen LogP contribution in [0.5, 0.6) is 0 Å². The highest BCUT2D eigenvalue weighted by atomic mass is 16.3. The Kier molecular flexibility index (Phi) is 6.81. The topological polar surface area (TPSA) is 52.6 Å². The molecule has 1 aliphatic heterocycles. The smallest absolute Gasteiger partial charge is 0.236 e. The van der Waals surface area contributed by atoms with E-state index in [9.17, 15) is 4.79 Å². The van der Waals surface area contributed by atoms with Crippen LogP contribution in [0, 0.1) is 19.8 Å². The first-order valence-corrected chi connectivity index (χ1v) is 8.45. The third kappa shape index (κ3) is 5.19. The highest BCUT2D eigenvalue weighted by Gasteiger charge is 2.20. The molecule has 1 aliphatic rings. The van der Waals surface area contributed by atoms with Crippen LogP contribution in [0.25, 0.3) is 6.08 Å². The van der Waals surface area contributed by atoms with Gasteiger partial charge in [-0.05, 0) is 49.3 Å². The van der Waals surface area contributed by atoms with E-state index in [1.54, 1.807) is 0 Å². The van der Waals surface area contributed by atoms with Crippen LogP contribution in [0.4, 0.5) is 0 Å². The van der Waals surface area contributed by atoms with Gasteiger partial charge in [0.05, 0.1) is 13.2 Å². The van der Waals surface area contributed by atoms with Crippen molar-refractivity contribution in [2.45, 2.75) is 26.7 Å². The number of rotatable bonds is 6. The van der Waals surface area contributed by atoms with Gasteiger partial charge in [-0.3, -0.25) is 4.79 Å². The molecule has 1 heterocycles. The third-order valence-corrected chi connectivity index (χ3v) is 4.53. The summed E-state index contributed by atoms with van der Waals surface area (Å²) in [7, 11) is 0. The lowest BCUT2D eigenvalue weighted by atomic mass is 9.94. The molecule has 0 aliphatic carbocycles. The van der Waals surface area contributed by atoms with Gasteiger partial charge in [-0.1, -0.05) is 30.4 Å². The van der Waals surface area contributed by atoms with Crippen molar-refractivity contribution in [1.29, 1.82) is 0 Å². The largest absolute Gasteiger partial charge is 0.395 e. The Bertz CT molecular complexity index is 526. The summed E-state index contributed by atoms with van der Waals surface area (Å²) >= 11 is 0. The highest BCUT2D eigenvalue weighted by molar-refractivity contribution is 5.78. The monoisotopic (exact) mass is 316 g/mol. The molecule has 126 valence electrons. The van der Waals surface area contributed by atoms with Crippen LogP contribution in [0.2, 0.25) is 0 Å². The number of aryl methyl sites for hydroxylation is 2. The maximum absolute atomic E-state index is 12.0. The van der Waals surface area contributed by atoms with Gasteiger partial charge in [-0.2, -0.15) is 0 Å². The number of nitrogens with one attached hydrogen (secondary N) is 1. The molecule has 1 aromatic rings. The van der Waals surface area contributed by atoms with Crippen LogP contribution in [0.3, 0.4) is 0 Å². The Hall–Kier alpha value is -1.65. The number of hydrogen-bond acceptors (Lipinski definition) is 3. The van der Waals surface area contributed by atoms with Crippen LogP contribution < -0.4 is 5.32 Å². The zero-order valence-electron chi connectivity index (χ0n) is 14.2. The third-order valence-electron chi connectivity index (χ3n) is 4.53. The molecule has 0 radical (unpaired) electrons. The van der Waals surface area contributed by atoms with Crippen LogP contribution in [0.1, 0.15) is 29.5 Å². The predicted octanol–water partition coefficient (Wildman–Crippen LogP) is 2.14. The van der Waals surface area contributed by atoms with E-state index < -0.39 is 0 Å². The molecule has 0 aromatic heterocycles. The highest BCUT2D eigenvalue weighted by Crippen LogP contribution is 2.22. The van der Waals surface area contributed by atoms with Gasteiger partial charge in [0, 0.05) is 19.6 Å². The van der Waals surface area contributed by atoms with Gasteiger partial charge >= 0.3 is 0 Å². The maximum atomic E-state index is 12.0. The summed E-state index contributed by atoms with van der Waals surface area (Å²) < 4.78 is 0. The lowest BCUT2D eigenvalue weighted by Gasteiger charge is -2.31. The van der Waals surface area contributed by atoms with Gasteiger partial charge < -0.3 is 15.3 Å². The Morgan fingerprint density at radius 1 is 1.30 bits per heavy atom.